The minimum Gasteiger partial charge on any atom is -0.334 e. The molecule has 0 fully saturated rings. The van der Waals surface area contributed by atoms with Gasteiger partial charge in [-0.15, -0.1) is 11.3 Å². The van der Waals surface area contributed by atoms with Gasteiger partial charge in [-0.05, 0) is 47.5 Å². The highest BCUT2D eigenvalue weighted by Crippen LogP contribution is 2.38. The monoisotopic (exact) mass is 404 g/mol. The number of carbonyl (C=O) groups is 2. The van der Waals surface area contributed by atoms with E-state index < -0.39 is 0 Å². The maximum atomic E-state index is 13.2. The summed E-state index contributed by atoms with van der Waals surface area (Å²) in [6, 6.07) is 9.69. The standard InChI is InChI=1S/C21H25ClN2O2S/c1-3-4-11-23(15(2)25)14-20(26)24-12-9-19-18(10-13-27-19)21(24)16-5-7-17(22)8-6-16/h5-8,10,13,21H,3-4,9,11-12,14H2,1-2H3. The van der Waals surface area contributed by atoms with E-state index in [0.717, 1.165) is 24.8 Å². The molecule has 0 saturated heterocycles. The highest BCUT2D eigenvalue weighted by Gasteiger charge is 2.33. The molecule has 1 aliphatic heterocycles. The highest BCUT2D eigenvalue weighted by molar-refractivity contribution is 7.10. The van der Waals surface area contributed by atoms with Gasteiger partial charge in [-0.1, -0.05) is 37.1 Å². The van der Waals surface area contributed by atoms with Crippen molar-refractivity contribution in [2.75, 3.05) is 19.6 Å². The number of rotatable bonds is 6. The molecule has 2 amide bonds. The molecule has 0 radical (unpaired) electrons. The number of benzene rings is 1. The lowest BCUT2D eigenvalue weighted by Crippen LogP contribution is -2.46. The lowest BCUT2D eigenvalue weighted by atomic mass is 9.93. The van der Waals surface area contributed by atoms with Crippen LogP contribution in [0.2, 0.25) is 5.02 Å². The molecule has 0 spiro atoms. The zero-order valence-electron chi connectivity index (χ0n) is 15.8. The van der Waals surface area contributed by atoms with Gasteiger partial charge in [0.1, 0.15) is 0 Å². The van der Waals surface area contributed by atoms with Crippen LogP contribution in [0, 0.1) is 0 Å². The number of amides is 2. The number of fused-ring (bicyclic) bond motifs is 1. The van der Waals surface area contributed by atoms with Crippen LogP contribution in [0.1, 0.15) is 48.7 Å². The molecule has 27 heavy (non-hydrogen) atoms. The van der Waals surface area contributed by atoms with Crippen molar-refractivity contribution in [3.63, 3.8) is 0 Å². The third kappa shape index (κ3) is 4.53. The Balaban J connectivity index is 1.87. The van der Waals surface area contributed by atoms with Gasteiger partial charge in [0.15, 0.2) is 0 Å². The van der Waals surface area contributed by atoms with E-state index in [9.17, 15) is 9.59 Å². The number of unbranched alkanes of at least 4 members (excludes halogenated alkanes) is 1. The molecule has 0 saturated carbocycles. The Morgan fingerprint density at radius 1 is 1.26 bits per heavy atom. The number of hydrogen-bond acceptors (Lipinski definition) is 3. The molecule has 2 heterocycles. The van der Waals surface area contributed by atoms with Crippen LogP contribution >= 0.6 is 22.9 Å². The van der Waals surface area contributed by atoms with Crippen molar-refractivity contribution < 1.29 is 9.59 Å². The lowest BCUT2D eigenvalue weighted by molar-refractivity contribution is -0.140. The van der Waals surface area contributed by atoms with Crippen molar-refractivity contribution in [3.05, 3.63) is 56.7 Å². The maximum absolute atomic E-state index is 13.2. The van der Waals surface area contributed by atoms with E-state index in [1.807, 2.05) is 29.2 Å². The van der Waals surface area contributed by atoms with Crippen molar-refractivity contribution >= 4 is 34.8 Å². The first-order valence-corrected chi connectivity index (χ1v) is 10.6. The Labute approximate surface area is 169 Å². The van der Waals surface area contributed by atoms with Crippen molar-refractivity contribution in [1.29, 1.82) is 0 Å². The summed E-state index contributed by atoms with van der Waals surface area (Å²) >= 11 is 7.80. The van der Waals surface area contributed by atoms with E-state index in [1.54, 1.807) is 16.2 Å². The molecule has 4 nitrogen and oxygen atoms in total. The number of carbonyl (C=O) groups excluding carboxylic acids is 2. The zero-order chi connectivity index (χ0) is 19.4. The molecule has 0 bridgehead atoms. The lowest BCUT2D eigenvalue weighted by Gasteiger charge is -2.37. The van der Waals surface area contributed by atoms with E-state index in [1.165, 1.54) is 17.4 Å². The van der Waals surface area contributed by atoms with E-state index in [4.69, 9.17) is 11.6 Å². The average Bonchev–Trinajstić information content (AvgIpc) is 3.13. The minimum atomic E-state index is -0.121. The Morgan fingerprint density at radius 3 is 2.67 bits per heavy atom. The summed E-state index contributed by atoms with van der Waals surface area (Å²) in [6.45, 7) is 5.05. The van der Waals surface area contributed by atoms with Gasteiger partial charge in [-0.3, -0.25) is 9.59 Å². The number of hydrogen-bond donors (Lipinski definition) is 0. The number of thiophene rings is 1. The third-order valence-electron chi connectivity index (χ3n) is 5.03. The van der Waals surface area contributed by atoms with Crippen LogP contribution in [0.25, 0.3) is 0 Å². The first kappa shape index (κ1) is 19.9. The minimum absolute atomic E-state index is 0.00176. The van der Waals surface area contributed by atoms with Crippen LogP contribution in [-0.4, -0.2) is 41.2 Å². The normalized spacial score (nSPS) is 16.1. The fraction of sp³-hybridized carbons (Fsp3) is 0.429. The SMILES string of the molecule is CCCCN(CC(=O)N1CCc2sccc2C1c1ccc(Cl)cc1)C(C)=O. The molecular weight excluding hydrogens is 380 g/mol. The van der Waals surface area contributed by atoms with Crippen LogP contribution in [-0.2, 0) is 16.0 Å². The largest absolute Gasteiger partial charge is 0.334 e. The smallest absolute Gasteiger partial charge is 0.242 e. The van der Waals surface area contributed by atoms with Gasteiger partial charge in [0, 0.05) is 29.9 Å². The molecule has 1 unspecified atom stereocenters. The van der Waals surface area contributed by atoms with Gasteiger partial charge < -0.3 is 9.80 Å². The molecular formula is C21H25ClN2O2S. The summed E-state index contributed by atoms with van der Waals surface area (Å²) in [5, 5.41) is 2.77. The predicted molar refractivity (Wildman–Crippen MR) is 110 cm³/mol. The van der Waals surface area contributed by atoms with Gasteiger partial charge in [0.25, 0.3) is 0 Å². The molecule has 144 valence electrons. The maximum Gasteiger partial charge on any atom is 0.242 e. The summed E-state index contributed by atoms with van der Waals surface area (Å²) in [4.78, 5) is 30.0. The van der Waals surface area contributed by atoms with Crippen LogP contribution in [0.3, 0.4) is 0 Å². The van der Waals surface area contributed by atoms with E-state index >= 15 is 0 Å². The average molecular weight is 405 g/mol. The first-order valence-electron chi connectivity index (χ1n) is 9.38. The van der Waals surface area contributed by atoms with Crippen molar-refractivity contribution in [1.82, 2.24) is 9.80 Å². The molecule has 1 atom stereocenters. The van der Waals surface area contributed by atoms with Gasteiger partial charge in [-0.2, -0.15) is 0 Å². The Bertz CT molecular complexity index is 803. The molecule has 3 rings (SSSR count). The second-order valence-electron chi connectivity index (χ2n) is 6.88. The van der Waals surface area contributed by atoms with Gasteiger partial charge in [-0.25, -0.2) is 0 Å². The molecule has 1 aliphatic rings. The highest BCUT2D eigenvalue weighted by atomic mass is 35.5. The third-order valence-corrected chi connectivity index (χ3v) is 6.27. The molecule has 1 aromatic carbocycles. The van der Waals surface area contributed by atoms with Crippen LogP contribution < -0.4 is 0 Å². The van der Waals surface area contributed by atoms with Crippen molar-refractivity contribution in [2.45, 2.75) is 39.2 Å². The van der Waals surface area contributed by atoms with Crippen LogP contribution in [0.5, 0.6) is 0 Å². The van der Waals surface area contributed by atoms with Gasteiger partial charge in [0.05, 0.1) is 12.6 Å². The summed E-state index contributed by atoms with van der Waals surface area (Å²) in [6.07, 6.45) is 2.76. The number of halogens is 1. The Morgan fingerprint density at radius 2 is 2.00 bits per heavy atom. The summed E-state index contributed by atoms with van der Waals surface area (Å²) in [5.74, 6) is -0.0498. The van der Waals surface area contributed by atoms with E-state index in [0.29, 0.717) is 18.1 Å². The fourth-order valence-electron chi connectivity index (χ4n) is 3.54. The quantitative estimate of drug-likeness (QED) is 0.709. The van der Waals surface area contributed by atoms with Crippen molar-refractivity contribution in [2.24, 2.45) is 0 Å². The molecule has 1 aromatic heterocycles. The summed E-state index contributed by atoms with van der Waals surface area (Å²) in [5.41, 5.74) is 2.24. The van der Waals surface area contributed by atoms with E-state index in [-0.39, 0.29) is 24.4 Å². The van der Waals surface area contributed by atoms with Gasteiger partial charge >= 0.3 is 0 Å². The zero-order valence-corrected chi connectivity index (χ0v) is 17.4. The van der Waals surface area contributed by atoms with Crippen molar-refractivity contribution in [3.8, 4) is 0 Å². The summed E-state index contributed by atoms with van der Waals surface area (Å²) in [7, 11) is 0. The molecule has 0 aliphatic carbocycles. The van der Waals surface area contributed by atoms with E-state index in [2.05, 4.69) is 18.4 Å². The molecule has 0 N–H and O–H groups in total. The topological polar surface area (TPSA) is 40.6 Å². The number of nitrogens with zero attached hydrogens (tertiary/aromatic N) is 2. The van der Waals surface area contributed by atoms with Crippen LogP contribution in [0.4, 0.5) is 0 Å². The fourth-order valence-corrected chi connectivity index (χ4v) is 4.57. The second kappa shape index (κ2) is 8.89. The molecule has 6 heteroatoms. The van der Waals surface area contributed by atoms with Gasteiger partial charge in [0.2, 0.25) is 11.8 Å². The Hall–Kier alpha value is -1.85. The molecule has 2 aromatic rings. The Kier molecular flexibility index (Phi) is 6.55. The van der Waals surface area contributed by atoms with Crippen LogP contribution in [0.15, 0.2) is 35.7 Å². The summed E-state index contributed by atoms with van der Waals surface area (Å²) < 4.78 is 0. The predicted octanol–water partition coefficient (Wildman–Crippen LogP) is 4.52. The second-order valence-corrected chi connectivity index (χ2v) is 8.32. The first-order chi connectivity index (χ1) is 13.0.